The second kappa shape index (κ2) is 50.0. The van der Waals surface area contributed by atoms with Crippen LogP contribution in [0.15, 0.2) is 212 Å². The molecule has 0 heterocycles. The molecule has 10 aromatic carbocycles. The minimum atomic E-state index is -4.52. The lowest BCUT2D eigenvalue weighted by molar-refractivity contribution is -0.167. The van der Waals surface area contributed by atoms with Gasteiger partial charge in [0.1, 0.15) is 102 Å². The van der Waals surface area contributed by atoms with Gasteiger partial charge in [0.05, 0.1) is 105 Å². The summed E-state index contributed by atoms with van der Waals surface area (Å²) in [7, 11) is -22.5. The van der Waals surface area contributed by atoms with Crippen molar-refractivity contribution in [2.45, 2.75) is 76.0 Å². The van der Waals surface area contributed by atoms with Crippen molar-refractivity contribution in [2.75, 3.05) is 61.8 Å². The predicted octanol–water partition coefficient (Wildman–Crippen LogP) is 14.6. The zero-order valence-electron chi connectivity index (χ0n) is 75.0. The van der Waals surface area contributed by atoms with Crippen molar-refractivity contribution in [3.05, 3.63) is 286 Å². The molecule has 0 aliphatic heterocycles. The van der Waals surface area contributed by atoms with Gasteiger partial charge in [0, 0.05) is 26.1 Å². The first-order valence-corrected chi connectivity index (χ1v) is 56.9. The van der Waals surface area contributed by atoms with Gasteiger partial charge in [-0.05, 0) is 305 Å². The molecule has 10 aromatic rings. The van der Waals surface area contributed by atoms with Gasteiger partial charge < -0.3 is 70.1 Å². The number of rotatable bonds is 30. The van der Waals surface area contributed by atoms with E-state index < -0.39 is 183 Å². The van der Waals surface area contributed by atoms with E-state index in [4.69, 9.17) is 47.4 Å². The fourth-order valence-corrected chi connectivity index (χ4v) is 20.5. The summed E-state index contributed by atoms with van der Waals surface area (Å²) in [5.74, 6) is -11.6. The van der Waals surface area contributed by atoms with Gasteiger partial charge in [-0.25, -0.2) is 70.9 Å². The lowest BCUT2D eigenvalue weighted by atomic mass is 9.49. The van der Waals surface area contributed by atoms with Crippen LogP contribution < -0.4 is 23.7 Å². The normalized spacial score (nSPS) is 16.9. The van der Waals surface area contributed by atoms with Gasteiger partial charge in [0.15, 0.2) is 0 Å². The van der Waals surface area contributed by atoms with Crippen LogP contribution in [0.25, 0.3) is 28.0 Å². The lowest BCUT2D eigenvalue weighted by Gasteiger charge is -2.53. The summed E-state index contributed by atoms with van der Waals surface area (Å²) in [5, 5.41) is 1.57. The Morgan fingerprint density at radius 3 is 1.20 bits per heavy atom. The molecule has 0 saturated heterocycles. The third-order valence-electron chi connectivity index (χ3n) is 23.2. The molecule has 0 amide bonds. The summed E-state index contributed by atoms with van der Waals surface area (Å²) in [4.78, 5) is 138. The molecule has 0 spiro atoms. The molecule has 36 nitrogen and oxygen atoms in total. The Bertz CT molecular complexity index is 7220. The standard InChI is InChI=1S/C23H17IO7S.C20H21IO8S.C20H15IO7S.C19H15IO7S.C16H19IO7S/c24-14-9-10-19(22(25)30-11-12-32(27,28)29)20(13-14)31-23(26)21-17-7-3-1-5-15(17)16-6-2-4-8-18(16)21;21-14-1-2-15(18(23)28-3-4-30(25,26)27)16(7-14)29-19(24)20-8-11-5-12(9-20)17(22)13(6-11)10-20;21-14-8-9-17(19(22)27-10-11-29(24,25)26)18(12-14)28-20(23)16-7-3-5-13-4-1-2-6-15(13)16;20-13-6-8-16(18(21)26-9-10-28(23,24)25)17(11-13)27-19(22)15-7-5-12-3-1-2-4-14(12)15;17-13-7-6-12(15(18)23-8-9-25(20,21)22)10-14(13)24-16(19)11-4-2-1-3-5-11/h1-10,13,21H,11-12H2,(H,27,28,29);1-2,7,11-13H,3-6,8-10H2,(H,25,26,27);1-9,12H,10-11H2,(H,24,25,26);1-8,11,15H,9-10H2,(H,23,24,25);6-7,10-11H,1-5,8-9H2,(H,20,21,22)/p-5. The number of carbonyl (C=O) groups is 11. The number of benzene rings is 10. The van der Waals surface area contributed by atoms with Gasteiger partial charge in [-0.1, -0.05) is 141 Å². The van der Waals surface area contributed by atoms with Crippen LogP contribution in [0.4, 0.5) is 0 Å². The number of hydrogen-bond donors (Lipinski definition) is 0. The summed E-state index contributed by atoms with van der Waals surface area (Å²) in [5.41, 5.74) is 4.86. The van der Waals surface area contributed by atoms with E-state index >= 15 is 0 Å². The van der Waals surface area contributed by atoms with Crippen LogP contribution in [0.5, 0.6) is 28.7 Å². The van der Waals surface area contributed by atoms with Crippen molar-refractivity contribution in [1.82, 2.24) is 0 Å². The molecule has 5 saturated carbocycles. The predicted molar refractivity (Wildman–Crippen MR) is 551 cm³/mol. The van der Waals surface area contributed by atoms with E-state index in [9.17, 15) is 118 Å². The number of carbonyl (C=O) groups excluding carboxylic acids is 11. The first-order valence-electron chi connectivity index (χ1n) is 43.6. The molecule has 4 bridgehead atoms. The average Bonchev–Trinajstić information content (AvgIpc) is 0.926. The summed E-state index contributed by atoms with van der Waals surface area (Å²) in [6.45, 7) is -2.86. The van der Waals surface area contributed by atoms with E-state index in [-0.39, 0.29) is 86.1 Å². The number of ketones is 1. The molecule has 0 radical (unpaired) electrons. The van der Waals surface area contributed by atoms with E-state index in [0.29, 0.717) is 43.3 Å². The highest BCUT2D eigenvalue weighted by Crippen LogP contribution is 2.59. The maximum atomic E-state index is 13.3. The van der Waals surface area contributed by atoms with Crippen molar-refractivity contribution >= 4 is 246 Å². The number of fused-ring (bicyclic) bond motifs is 5. The fourth-order valence-electron chi connectivity index (χ4n) is 16.8. The fraction of sp³-hybridized carbons (Fsp3) is 0.276. The van der Waals surface area contributed by atoms with Crippen LogP contribution in [0.1, 0.15) is 160 Å². The third kappa shape index (κ3) is 31.9. The monoisotopic (exact) mass is 2630 g/mol. The highest BCUT2D eigenvalue weighted by molar-refractivity contribution is 14.1. The molecule has 5 fully saturated rings. The van der Waals surface area contributed by atoms with Crippen LogP contribution in [0.2, 0.25) is 0 Å². The topological polar surface area (TPSA) is 566 Å². The van der Waals surface area contributed by atoms with Crippen molar-refractivity contribution in [3.63, 3.8) is 0 Å². The minimum absolute atomic E-state index is 0.00116. The Balaban J connectivity index is 0.000000161. The van der Waals surface area contributed by atoms with Gasteiger partial charge in [0.2, 0.25) is 0 Å². The highest BCUT2D eigenvalue weighted by Gasteiger charge is 2.59. The van der Waals surface area contributed by atoms with E-state index in [1.807, 2.05) is 210 Å². The summed E-state index contributed by atoms with van der Waals surface area (Å²) >= 11 is 10.0. The number of Topliss-reactive ketones (excluding diaryl/α,β-unsaturated/α-hetero) is 1. The van der Waals surface area contributed by atoms with Crippen molar-refractivity contribution in [3.8, 4) is 39.9 Å². The zero-order valence-corrected chi connectivity index (χ0v) is 89.9. The van der Waals surface area contributed by atoms with E-state index in [0.717, 1.165) is 94.4 Å². The number of esters is 10. The van der Waals surface area contributed by atoms with Gasteiger partial charge >= 0.3 is 59.7 Å². The third-order valence-corrected chi connectivity index (χ3v) is 30.1. The van der Waals surface area contributed by atoms with E-state index in [1.54, 1.807) is 60.7 Å². The van der Waals surface area contributed by atoms with Crippen LogP contribution in [0, 0.1) is 46.9 Å². The molecule has 3 atom stereocenters. The Kier molecular flexibility index (Phi) is 39.1. The van der Waals surface area contributed by atoms with Gasteiger partial charge in [-0.2, -0.15) is 0 Å². The van der Waals surface area contributed by atoms with Gasteiger partial charge in [0.25, 0.3) is 0 Å². The molecular formula is C98H82I5O36S5-5. The largest absolute Gasteiger partial charge is 0.748 e. The second-order valence-corrected chi connectivity index (χ2v) is 47.0. The van der Waals surface area contributed by atoms with E-state index in [2.05, 4.69) is 0 Å². The van der Waals surface area contributed by atoms with Gasteiger partial charge in [-0.3, -0.25) is 24.0 Å². The minimum Gasteiger partial charge on any atom is -0.748 e. The molecule has 760 valence electrons. The molecule has 0 aromatic heterocycles. The molecule has 46 heteroatoms. The number of ether oxygens (including phenoxy) is 10. The second-order valence-electron chi connectivity index (χ2n) is 33.2. The number of hydrogen-bond acceptors (Lipinski definition) is 36. The molecule has 7 aliphatic rings. The summed E-state index contributed by atoms with van der Waals surface area (Å²) in [6, 6.07) is 57.7. The zero-order chi connectivity index (χ0) is 104. The number of halogens is 5. The SMILES string of the molecule is O=C(OCCS(=O)(=O)[O-])c1ccc(I)c(OC(=O)C2CCCCC2)c1.O=C(OCCS(=O)(=O)[O-])c1ccc(I)cc1OC(=O)C12CC3CC(C1)C(=O)C(C3)C2.O=C(OCCS(=O)(=O)[O-])c1ccc(I)cc1OC(=O)C1C=Cc2ccccc21.O=C(OCCS(=O)(=O)[O-])c1ccc(I)cc1OC(=O)C1c2ccccc2-c2ccccc21.O=C(OCCS(=O)(=O)[O-])c1ccc(I)cc1OC(=O)c1cccc2ccccc12. The maximum absolute atomic E-state index is 13.3. The summed E-state index contributed by atoms with van der Waals surface area (Å²) < 4.78 is 215. The highest BCUT2D eigenvalue weighted by atomic mass is 127. The molecule has 17 rings (SSSR count). The Morgan fingerprint density at radius 1 is 0.354 bits per heavy atom. The Labute approximate surface area is 894 Å². The van der Waals surface area contributed by atoms with Gasteiger partial charge in [-0.15, -0.1) is 0 Å². The molecule has 7 aliphatic carbocycles. The van der Waals surface area contributed by atoms with Crippen LogP contribution >= 0.6 is 113 Å². The molecular weight excluding hydrogens is 2550 g/mol. The van der Waals surface area contributed by atoms with Crippen molar-refractivity contribution in [2.24, 2.45) is 29.1 Å². The smallest absolute Gasteiger partial charge is 0.344 e. The first kappa shape index (κ1) is 113. The van der Waals surface area contributed by atoms with Crippen LogP contribution in [0.3, 0.4) is 0 Å². The maximum Gasteiger partial charge on any atom is 0.344 e. The van der Waals surface area contributed by atoms with E-state index in [1.165, 1.54) is 60.7 Å². The molecule has 3 unspecified atom stereocenters. The first-order chi connectivity index (χ1) is 68.0. The molecule has 0 N–H and O–H groups in total. The van der Waals surface area contributed by atoms with Crippen LogP contribution in [-0.2, 0) is 98.2 Å². The average molecular weight is 2630 g/mol. The lowest BCUT2D eigenvalue weighted by Crippen LogP contribution is -2.55. The molecule has 144 heavy (non-hydrogen) atoms. The Morgan fingerprint density at radius 2 is 0.743 bits per heavy atom. The quantitative estimate of drug-likeness (QED) is 0.0133. The Hall–Kier alpha value is -10.2. The van der Waals surface area contributed by atoms with Crippen molar-refractivity contribution in [1.29, 1.82) is 0 Å². The summed E-state index contributed by atoms with van der Waals surface area (Å²) in [6.07, 6.45) is 11.7. The van der Waals surface area contributed by atoms with Crippen molar-refractivity contribution < 1.29 is 165 Å². The van der Waals surface area contributed by atoms with Crippen LogP contribution in [-0.4, -0.2) is 192 Å².